The minimum Gasteiger partial charge on any atom is -0.496 e. The first-order valence-corrected chi connectivity index (χ1v) is 9.13. The molecule has 1 aromatic heterocycles. The molecule has 0 saturated carbocycles. The van der Waals surface area contributed by atoms with Gasteiger partial charge in [0.2, 0.25) is 0 Å². The maximum absolute atomic E-state index is 12.1. The fourth-order valence-electron chi connectivity index (χ4n) is 3.08. The van der Waals surface area contributed by atoms with Crippen LogP contribution < -0.4 is 15.4 Å². The number of benzene rings is 2. The second-order valence-corrected chi connectivity index (χ2v) is 6.69. The van der Waals surface area contributed by atoms with Gasteiger partial charge in [-0.15, -0.1) is 0 Å². The van der Waals surface area contributed by atoms with Crippen molar-refractivity contribution < 1.29 is 9.53 Å². The van der Waals surface area contributed by atoms with E-state index in [1.165, 1.54) is 0 Å². The summed E-state index contributed by atoms with van der Waals surface area (Å²) in [4.78, 5) is 12.1. The van der Waals surface area contributed by atoms with Crippen LogP contribution in [0.2, 0.25) is 0 Å². The highest BCUT2D eigenvalue weighted by atomic mass is 32.1. The van der Waals surface area contributed by atoms with E-state index < -0.39 is 0 Å². The molecular formula is C21H18N4O2S. The molecule has 0 atom stereocenters. The third-order valence-electron chi connectivity index (χ3n) is 4.36. The summed E-state index contributed by atoms with van der Waals surface area (Å²) in [7, 11) is 1.63. The molecule has 6 nitrogen and oxygen atoms in total. The van der Waals surface area contributed by atoms with Crippen molar-refractivity contribution >= 4 is 29.3 Å². The molecule has 140 valence electrons. The van der Waals surface area contributed by atoms with Crippen molar-refractivity contribution in [3.63, 3.8) is 0 Å². The van der Waals surface area contributed by atoms with Gasteiger partial charge in [-0.2, -0.15) is 5.10 Å². The van der Waals surface area contributed by atoms with Gasteiger partial charge in [0.1, 0.15) is 17.1 Å². The molecule has 0 aliphatic carbocycles. The topological polar surface area (TPSA) is 68.2 Å². The van der Waals surface area contributed by atoms with Crippen molar-refractivity contribution in [2.45, 2.75) is 6.54 Å². The Kier molecular flexibility index (Phi) is 4.90. The number of aromatic nitrogens is 2. The lowest BCUT2D eigenvalue weighted by Crippen LogP contribution is -2.21. The number of ether oxygens (including phenoxy) is 1. The van der Waals surface area contributed by atoms with Crippen LogP contribution in [0.25, 0.3) is 17.3 Å². The Labute approximate surface area is 167 Å². The number of nitrogens with zero attached hydrogens (tertiary/aromatic N) is 2. The van der Waals surface area contributed by atoms with Gasteiger partial charge >= 0.3 is 0 Å². The molecule has 0 unspecified atom stereocenters. The highest BCUT2D eigenvalue weighted by molar-refractivity contribution is 7.80. The third-order valence-corrected chi connectivity index (χ3v) is 4.56. The van der Waals surface area contributed by atoms with Gasteiger partial charge in [0.25, 0.3) is 5.91 Å². The van der Waals surface area contributed by atoms with Gasteiger partial charge < -0.3 is 10.1 Å². The van der Waals surface area contributed by atoms with E-state index in [9.17, 15) is 4.79 Å². The highest BCUT2D eigenvalue weighted by Crippen LogP contribution is 2.32. The van der Waals surface area contributed by atoms with Crippen molar-refractivity contribution in [1.29, 1.82) is 0 Å². The zero-order chi connectivity index (χ0) is 19.5. The van der Waals surface area contributed by atoms with E-state index in [0.29, 0.717) is 23.1 Å². The zero-order valence-electron chi connectivity index (χ0n) is 15.2. The van der Waals surface area contributed by atoms with Crippen LogP contribution >= 0.6 is 12.2 Å². The second-order valence-electron chi connectivity index (χ2n) is 6.28. The molecule has 0 radical (unpaired) electrons. The van der Waals surface area contributed by atoms with Crippen LogP contribution in [-0.4, -0.2) is 27.9 Å². The van der Waals surface area contributed by atoms with Crippen LogP contribution in [0.5, 0.6) is 5.75 Å². The van der Waals surface area contributed by atoms with Crippen LogP contribution in [0.1, 0.15) is 11.1 Å². The lowest BCUT2D eigenvalue weighted by molar-refractivity contribution is -0.115. The van der Waals surface area contributed by atoms with E-state index in [4.69, 9.17) is 22.1 Å². The lowest BCUT2D eigenvalue weighted by atomic mass is 10.1. The highest BCUT2D eigenvalue weighted by Gasteiger charge is 2.22. The summed E-state index contributed by atoms with van der Waals surface area (Å²) in [6.07, 6.45) is 3.67. The van der Waals surface area contributed by atoms with Crippen LogP contribution in [-0.2, 0) is 11.3 Å². The Balaban J connectivity index is 1.80. The summed E-state index contributed by atoms with van der Waals surface area (Å²) in [6, 6.07) is 17.7. The van der Waals surface area contributed by atoms with Gasteiger partial charge in [-0.3, -0.25) is 14.8 Å². The Bertz CT molecular complexity index is 1070. The summed E-state index contributed by atoms with van der Waals surface area (Å²) >= 11 is 5.02. The number of hydrogen-bond acceptors (Lipinski definition) is 4. The summed E-state index contributed by atoms with van der Waals surface area (Å²) in [6.45, 7) is 0.615. The number of thiocarbonyl (C=S) groups is 1. The first-order valence-electron chi connectivity index (χ1n) is 8.73. The molecule has 1 aliphatic rings. The van der Waals surface area contributed by atoms with Gasteiger partial charge in [-0.25, -0.2) is 0 Å². The van der Waals surface area contributed by atoms with Gasteiger partial charge in [0, 0.05) is 17.3 Å². The summed E-state index contributed by atoms with van der Waals surface area (Å²) in [5.41, 5.74) is 3.90. The van der Waals surface area contributed by atoms with Crippen molar-refractivity contribution in [3.05, 3.63) is 77.6 Å². The molecule has 1 fully saturated rings. The summed E-state index contributed by atoms with van der Waals surface area (Å²) in [5, 5.41) is 10.5. The Morgan fingerprint density at radius 3 is 2.57 bits per heavy atom. The molecular weight excluding hydrogens is 372 g/mol. The molecule has 3 aromatic rings. The van der Waals surface area contributed by atoms with Crippen molar-refractivity contribution in [3.8, 4) is 17.0 Å². The molecule has 7 heteroatoms. The first kappa shape index (κ1) is 17.9. The van der Waals surface area contributed by atoms with E-state index >= 15 is 0 Å². The molecule has 2 N–H and O–H groups in total. The molecule has 1 aliphatic heterocycles. The molecule has 1 saturated heterocycles. The zero-order valence-corrected chi connectivity index (χ0v) is 16.0. The standard InChI is InChI=1S/C21H18N4O2S/c1-27-18-10-6-5-9-16(18)19-15(11-17-20(26)23-21(28)22-17)13-25(24-19)12-14-7-3-2-4-8-14/h2-11,13H,12H2,1H3,(H2,22,23,26,28)/b17-11-. The number of methoxy groups -OCH3 is 1. The Morgan fingerprint density at radius 2 is 1.86 bits per heavy atom. The molecule has 28 heavy (non-hydrogen) atoms. The van der Waals surface area contributed by atoms with E-state index in [1.54, 1.807) is 13.2 Å². The SMILES string of the molecule is COc1ccccc1-c1nn(Cc2ccccc2)cc1/C=C1\NC(=S)NC1=O. The maximum atomic E-state index is 12.1. The fraction of sp³-hybridized carbons (Fsp3) is 0.0952. The minimum absolute atomic E-state index is 0.258. The largest absolute Gasteiger partial charge is 0.496 e. The number of nitrogens with one attached hydrogen (secondary N) is 2. The number of amides is 1. The number of rotatable bonds is 5. The minimum atomic E-state index is -0.258. The molecule has 0 spiro atoms. The number of carbonyl (C=O) groups excluding carboxylic acids is 1. The number of hydrogen-bond donors (Lipinski definition) is 2. The molecule has 0 bridgehead atoms. The van der Waals surface area contributed by atoms with E-state index in [0.717, 1.165) is 22.4 Å². The van der Waals surface area contributed by atoms with Crippen molar-refractivity contribution in [2.75, 3.05) is 7.11 Å². The quantitative estimate of drug-likeness (QED) is 0.518. The monoisotopic (exact) mass is 390 g/mol. The molecule has 1 amide bonds. The second kappa shape index (κ2) is 7.66. The molecule has 2 heterocycles. The first-order chi connectivity index (χ1) is 13.6. The third kappa shape index (κ3) is 3.65. The predicted octanol–water partition coefficient (Wildman–Crippen LogP) is 2.95. The predicted molar refractivity (Wildman–Crippen MR) is 112 cm³/mol. The molecule has 2 aromatic carbocycles. The van der Waals surface area contributed by atoms with Crippen molar-refractivity contribution in [1.82, 2.24) is 20.4 Å². The van der Waals surface area contributed by atoms with Crippen LogP contribution in [0.15, 0.2) is 66.5 Å². The Morgan fingerprint density at radius 1 is 1.11 bits per heavy atom. The summed E-state index contributed by atoms with van der Waals surface area (Å²) in [5.74, 6) is 0.457. The fourth-order valence-corrected chi connectivity index (χ4v) is 3.28. The van der Waals surface area contributed by atoms with Gasteiger partial charge in [0.15, 0.2) is 5.11 Å². The van der Waals surface area contributed by atoms with Crippen LogP contribution in [0, 0.1) is 0 Å². The average Bonchev–Trinajstić information content (AvgIpc) is 3.24. The van der Waals surface area contributed by atoms with Gasteiger partial charge in [-0.1, -0.05) is 42.5 Å². The number of carbonyl (C=O) groups is 1. The van der Waals surface area contributed by atoms with Crippen LogP contribution in [0.4, 0.5) is 0 Å². The smallest absolute Gasteiger partial charge is 0.273 e. The Hall–Kier alpha value is -3.45. The lowest BCUT2D eigenvalue weighted by Gasteiger charge is -2.07. The molecule has 4 rings (SSSR count). The van der Waals surface area contributed by atoms with Gasteiger partial charge in [0.05, 0.1) is 13.7 Å². The average molecular weight is 390 g/mol. The van der Waals surface area contributed by atoms with Gasteiger partial charge in [-0.05, 0) is 36.0 Å². The van der Waals surface area contributed by atoms with Crippen molar-refractivity contribution in [2.24, 2.45) is 0 Å². The van der Waals surface area contributed by atoms with E-state index in [2.05, 4.69) is 10.6 Å². The van der Waals surface area contributed by atoms with E-state index in [-0.39, 0.29) is 5.91 Å². The van der Waals surface area contributed by atoms with E-state index in [1.807, 2.05) is 65.5 Å². The van der Waals surface area contributed by atoms with Crippen LogP contribution in [0.3, 0.4) is 0 Å². The summed E-state index contributed by atoms with van der Waals surface area (Å²) < 4.78 is 7.36. The number of para-hydroxylation sites is 1. The normalized spacial score (nSPS) is 14.8. The maximum Gasteiger partial charge on any atom is 0.273 e.